The topological polar surface area (TPSA) is 59.4 Å². The molecule has 2 aliphatic carbocycles. The third-order valence-electron chi connectivity index (χ3n) is 8.01. The average Bonchev–Trinajstić information content (AvgIpc) is 3.36. The molecule has 34 heavy (non-hydrogen) atoms. The Hall–Kier alpha value is -2.62. The third-order valence-corrected chi connectivity index (χ3v) is 8.30. The second kappa shape index (κ2) is 9.56. The Morgan fingerprint density at radius 3 is 2.82 bits per heavy atom. The minimum atomic E-state index is -0.497. The fourth-order valence-electron chi connectivity index (χ4n) is 6.02. The smallest absolute Gasteiger partial charge is 0.320 e. The van der Waals surface area contributed by atoms with Crippen molar-refractivity contribution in [1.29, 1.82) is 5.26 Å². The zero-order valence-corrected chi connectivity index (χ0v) is 20.0. The molecule has 1 unspecified atom stereocenters. The van der Waals surface area contributed by atoms with Gasteiger partial charge in [0.25, 0.3) is 0 Å². The maximum atomic E-state index is 13.6. The number of hydrogen-bond donors (Lipinski definition) is 1. The number of hydrogen-bond acceptors (Lipinski definition) is 3. The normalized spacial score (nSPS) is 25.9. The standard InChI is InChI=1S/C27H30ClFN4O/c28-24-16-22(6-7-25(24)29)31-26(34)33(13-12-32-10-1-2-11-32)23-8-9-27(17-21(27)15-23)20-5-3-4-19(14-20)18-30/h3-7,14,16,21,23H,1-2,8-13,15,17H2,(H,31,34)/t21?,23-,27-/m1/s1. The van der Waals surface area contributed by atoms with Crippen LogP contribution >= 0.6 is 11.6 Å². The molecule has 2 amide bonds. The highest BCUT2D eigenvalue weighted by Crippen LogP contribution is 2.62. The molecule has 0 bridgehead atoms. The van der Waals surface area contributed by atoms with E-state index in [1.165, 1.54) is 30.5 Å². The number of halogens is 2. The number of carbonyl (C=O) groups excluding carboxylic acids is 1. The number of fused-ring (bicyclic) bond motifs is 1. The first-order valence-electron chi connectivity index (χ1n) is 12.2. The summed E-state index contributed by atoms with van der Waals surface area (Å²) in [5, 5.41) is 12.3. The summed E-state index contributed by atoms with van der Waals surface area (Å²) >= 11 is 5.93. The van der Waals surface area contributed by atoms with E-state index in [4.69, 9.17) is 11.6 Å². The summed E-state index contributed by atoms with van der Waals surface area (Å²) in [6, 6.07) is 14.6. The van der Waals surface area contributed by atoms with Gasteiger partial charge in [0.15, 0.2) is 0 Å². The molecular formula is C27H30ClFN4O. The van der Waals surface area contributed by atoms with Crippen LogP contribution in [0, 0.1) is 23.1 Å². The maximum Gasteiger partial charge on any atom is 0.322 e. The van der Waals surface area contributed by atoms with Gasteiger partial charge in [0, 0.05) is 24.8 Å². The predicted octanol–water partition coefficient (Wildman–Crippen LogP) is 5.79. The van der Waals surface area contributed by atoms with Crippen molar-refractivity contribution in [1.82, 2.24) is 9.80 Å². The zero-order chi connectivity index (χ0) is 23.7. The highest BCUT2D eigenvalue weighted by molar-refractivity contribution is 6.31. The molecule has 1 saturated heterocycles. The van der Waals surface area contributed by atoms with Crippen LogP contribution in [0.3, 0.4) is 0 Å². The monoisotopic (exact) mass is 480 g/mol. The first-order valence-corrected chi connectivity index (χ1v) is 12.6. The Balaban J connectivity index is 1.30. The molecule has 0 spiro atoms. The number of likely N-dealkylation sites (tertiary alicyclic amines) is 1. The molecule has 7 heteroatoms. The predicted molar refractivity (Wildman–Crippen MR) is 131 cm³/mol. The lowest BCUT2D eigenvalue weighted by molar-refractivity contribution is 0.149. The van der Waals surface area contributed by atoms with Crippen molar-refractivity contribution in [2.24, 2.45) is 5.92 Å². The van der Waals surface area contributed by atoms with Crippen molar-refractivity contribution in [3.63, 3.8) is 0 Å². The summed E-state index contributed by atoms with van der Waals surface area (Å²) in [7, 11) is 0. The summed E-state index contributed by atoms with van der Waals surface area (Å²) in [4.78, 5) is 17.8. The molecule has 0 aromatic heterocycles. The molecule has 1 N–H and O–H groups in total. The minimum Gasteiger partial charge on any atom is -0.320 e. The van der Waals surface area contributed by atoms with Crippen molar-refractivity contribution in [2.45, 2.75) is 50.0 Å². The van der Waals surface area contributed by atoms with E-state index in [9.17, 15) is 14.4 Å². The molecule has 2 aromatic carbocycles. The van der Waals surface area contributed by atoms with Crippen LogP contribution in [0.5, 0.6) is 0 Å². The molecule has 0 radical (unpaired) electrons. The van der Waals surface area contributed by atoms with E-state index < -0.39 is 5.82 Å². The van der Waals surface area contributed by atoms with Gasteiger partial charge >= 0.3 is 6.03 Å². The number of nitrogens with zero attached hydrogens (tertiary/aromatic N) is 3. The van der Waals surface area contributed by atoms with E-state index >= 15 is 0 Å². The molecule has 1 heterocycles. The van der Waals surface area contributed by atoms with E-state index in [1.54, 1.807) is 6.07 Å². The molecule has 3 aliphatic rings. The number of urea groups is 1. The second-order valence-electron chi connectivity index (χ2n) is 9.98. The van der Waals surface area contributed by atoms with Gasteiger partial charge in [-0.15, -0.1) is 0 Å². The maximum absolute atomic E-state index is 13.6. The van der Waals surface area contributed by atoms with E-state index in [0.29, 0.717) is 23.7 Å². The van der Waals surface area contributed by atoms with Gasteiger partial charge in [-0.05, 0) is 98.8 Å². The van der Waals surface area contributed by atoms with Crippen molar-refractivity contribution in [3.05, 3.63) is 64.4 Å². The first-order chi connectivity index (χ1) is 16.5. The van der Waals surface area contributed by atoms with Crippen molar-refractivity contribution in [3.8, 4) is 6.07 Å². The Morgan fingerprint density at radius 1 is 1.26 bits per heavy atom. The molecule has 178 valence electrons. The molecule has 1 aliphatic heterocycles. The summed E-state index contributed by atoms with van der Waals surface area (Å²) in [5.74, 6) is 0.0333. The first kappa shape index (κ1) is 23.1. The summed E-state index contributed by atoms with van der Waals surface area (Å²) in [6.07, 6.45) is 6.48. The van der Waals surface area contributed by atoms with Crippen LogP contribution < -0.4 is 5.32 Å². The lowest BCUT2D eigenvalue weighted by Crippen LogP contribution is -2.48. The van der Waals surface area contributed by atoms with Gasteiger partial charge in [-0.2, -0.15) is 5.26 Å². The quantitative estimate of drug-likeness (QED) is 0.569. The highest BCUT2D eigenvalue weighted by Gasteiger charge is 2.58. The molecule has 2 aromatic rings. The number of anilines is 1. The molecule has 5 rings (SSSR count). The van der Waals surface area contributed by atoms with Gasteiger partial charge < -0.3 is 15.1 Å². The molecule has 5 nitrogen and oxygen atoms in total. The fraction of sp³-hybridized carbons (Fsp3) is 0.481. The Kier molecular flexibility index (Phi) is 6.50. The van der Waals surface area contributed by atoms with Crippen LogP contribution in [0.25, 0.3) is 0 Å². The Morgan fingerprint density at radius 2 is 2.09 bits per heavy atom. The largest absolute Gasteiger partial charge is 0.322 e. The zero-order valence-electron chi connectivity index (χ0n) is 19.3. The van der Waals surface area contributed by atoms with Crippen LogP contribution in [-0.4, -0.2) is 48.1 Å². The number of amides is 2. The van der Waals surface area contributed by atoms with Gasteiger partial charge in [-0.3, -0.25) is 0 Å². The number of nitrogens with one attached hydrogen (secondary N) is 1. The molecule has 2 saturated carbocycles. The van der Waals surface area contributed by atoms with Crippen molar-refractivity contribution in [2.75, 3.05) is 31.5 Å². The Labute approximate surface area is 205 Å². The SMILES string of the molecule is N#Cc1cccc([C@]23CC[C@@H](N(CCN4CCCC4)C(=O)Nc4ccc(F)c(Cl)c4)CC2C3)c1. The molecule has 3 fully saturated rings. The van der Waals surface area contributed by atoms with Crippen LogP contribution in [0.4, 0.5) is 14.9 Å². The average molecular weight is 481 g/mol. The van der Waals surface area contributed by atoms with Crippen molar-refractivity contribution < 1.29 is 9.18 Å². The minimum absolute atomic E-state index is 0.00134. The summed E-state index contributed by atoms with van der Waals surface area (Å²) < 4.78 is 13.6. The van der Waals surface area contributed by atoms with E-state index in [1.807, 2.05) is 23.1 Å². The van der Waals surface area contributed by atoms with Crippen molar-refractivity contribution >= 4 is 23.3 Å². The van der Waals surface area contributed by atoms with Crippen LogP contribution in [0.1, 0.15) is 49.7 Å². The van der Waals surface area contributed by atoms with Gasteiger partial charge in [0.05, 0.1) is 16.7 Å². The van der Waals surface area contributed by atoms with Crippen LogP contribution in [-0.2, 0) is 5.41 Å². The van der Waals surface area contributed by atoms with E-state index in [0.717, 1.165) is 45.3 Å². The summed E-state index contributed by atoms with van der Waals surface area (Å²) in [5.41, 5.74) is 2.64. The lowest BCUT2D eigenvalue weighted by atomic mass is 9.80. The van der Waals surface area contributed by atoms with E-state index in [-0.39, 0.29) is 22.5 Å². The Bertz CT molecular complexity index is 1110. The number of benzene rings is 2. The van der Waals surface area contributed by atoms with Gasteiger partial charge in [0.1, 0.15) is 5.82 Å². The van der Waals surface area contributed by atoms with Gasteiger partial charge in [0.2, 0.25) is 0 Å². The number of nitriles is 1. The van der Waals surface area contributed by atoms with Gasteiger partial charge in [-0.25, -0.2) is 9.18 Å². The lowest BCUT2D eigenvalue weighted by Gasteiger charge is -2.37. The highest BCUT2D eigenvalue weighted by atomic mass is 35.5. The fourth-order valence-corrected chi connectivity index (χ4v) is 6.20. The van der Waals surface area contributed by atoms with Crippen LogP contribution in [0.15, 0.2) is 42.5 Å². The second-order valence-corrected chi connectivity index (χ2v) is 10.4. The summed E-state index contributed by atoms with van der Waals surface area (Å²) in [6.45, 7) is 3.73. The molecule has 3 atom stereocenters. The van der Waals surface area contributed by atoms with Crippen LogP contribution in [0.2, 0.25) is 5.02 Å². The molecular weight excluding hydrogens is 451 g/mol. The van der Waals surface area contributed by atoms with E-state index in [2.05, 4.69) is 22.4 Å². The number of rotatable bonds is 6. The number of carbonyl (C=O) groups is 1. The third kappa shape index (κ3) is 4.64. The van der Waals surface area contributed by atoms with Gasteiger partial charge in [-0.1, -0.05) is 23.7 Å².